The van der Waals surface area contributed by atoms with Crippen molar-refractivity contribution >= 4 is 23.0 Å². The van der Waals surface area contributed by atoms with Crippen LogP contribution in [0.15, 0.2) is 30.5 Å². The molecule has 0 saturated heterocycles. The zero-order valence-corrected chi connectivity index (χ0v) is 12.8. The summed E-state index contributed by atoms with van der Waals surface area (Å²) >= 11 is 6.24. The highest BCUT2D eigenvalue weighted by molar-refractivity contribution is 6.32. The van der Waals surface area contributed by atoms with Crippen LogP contribution in [0.4, 0.5) is 11.4 Å². The molecule has 110 valence electrons. The van der Waals surface area contributed by atoms with Crippen molar-refractivity contribution < 1.29 is 4.74 Å². The highest BCUT2D eigenvalue weighted by atomic mass is 35.5. The molecule has 3 rings (SSSR count). The van der Waals surface area contributed by atoms with Crippen molar-refractivity contribution in [2.45, 2.75) is 6.42 Å². The number of ether oxygens (including phenoxy) is 1. The van der Waals surface area contributed by atoms with Crippen molar-refractivity contribution in [2.75, 3.05) is 32.1 Å². The molecule has 6 heteroatoms. The van der Waals surface area contributed by atoms with Crippen molar-refractivity contribution in [1.29, 1.82) is 0 Å². The maximum atomic E-state index is 6.24. The van der Waals surface area contributed by atoms with Crippen molar-refractivity contribution in [1.82, 2.24) is 15.1 Å². The lowest BCUT2D eigenvalue weighted by Crippen LogP contribution is -2.26. The van der Waals surface area contributed by atoms with Gasteiger partial charge < -0.3 is 14.5 Å². The van der Waals surface area contributed by atoms with Gasteiger partial charge in [0.05, 0.1) is 11.9 Å². The van der Waals surface area contributed by atoms with Crippen LogP contribution in [0.3, 0.4) is 0 Å². The summed E-state index contributed by atoms with van der Waals surface area (Å²) in [6.45, 7) is 1.85. The van der Waals surface area contributed by atoms with E-state index in [1.165, 1.54) is 0 Å². The van der Waals surface area contributed by atoms with Gasteiger partial charge in [0.1, 0.15) is 5.69 Å². The molecule has 2 aromatic rings. The van der Waals surface area contributed by atoms with Crippen LogP contribution in [0, 0.1) is 0 Å². The van der Waals surface area contributed by atoms with Gasteiger partial charge in [0.15, 0.2) is 16.7 Å². The first-order valence-corrected chi connectivity index (χ1v) is 7.25. The van der Waals surface area contributed by atoms with Crippen molar-refractivity contribution in [3.63, 3.8) is 0 Å². The van der Waals surface area contributed by atoms with Crippen LogP contribution >= 0.6 is 11.6 Å². The molecule has 1 aliphatic heterocycles. The normalized spacial score (nSPS) is 12.9. The molecule has 5 nitrogen and oxygen atoms in total. The van der Waals surface area contributed by atoms with Gasteiger partial charge in [-0.25, -0.2) is 0 Å². The SMILES string of the molecule is CN(C)CCCN1c2ccccc2Oc2cnnc(Cl)c21. The molecule has 0 N–H and O–H groups in total. The molecular weight excluding hydrogens is 288 g/mol. The van der Waals surface area contributed by atoms with Crippen molar-refractivity contribution in [3.05, 3.63) is 35.6 Å². The smallest absolute Gasteiger partial charge is 0.179 e. The summed E-state index contributed by atoms with van der Waals surface area (Å²) in [5.74, 6) is 1.47. The third-order valence-electron chi connectivity index (χ3n) is 3.38. The zero-order chi connectivity index (χ0) is 14.8. The molecule has 21 heavy (non-hydrogen) atoms. The Kier molecular flexibility index (Phi) is 3.94. The number of aromatic nitrogens is 2. The molecule has 1 aromatic carbocycles. The third kappa shape index (κ3) is 2.80. The van der Waals surface area contributed by atoms with Crippen molar-refractivity contribution in [3.8, 4) is 11.5 Å². The van der Waals surface area contributed by atoms with Crippen molar-refractivity contribution in [2.24, 2.45) is 0 Å². The first-order valence-electron chi connectivity index (χ1n) is 6.87. The van der Waals surface area contributed by atoms with E-state index >= 15 is 0 Å². The lowest BCUT2D eigenvalue weighted by Gasteiger charge is -2.32. The summed E-state index contributed by atoms with van der Waals surface area (Å²) < 4.78 is 5.88. The van der Waals surface area contributed by atoms with Crippen LogP contribution < -0.4 is 9.64 Å². The van der Waals surface area contributed by atoms with E-state index in [1.807, 2.05) is 24.3 Å². The predicted octanol–water partition coefficient (Wildman–Crippen LogP) is 3.33. The minimum Gasteiger partial charge on any atom is -0.451 e. The van der Waals surface area contributed by atoms with Gasteiger partial charge in [0, 0.05) is 6.54 Å². The summed E-state index contributed by atoms with van der Waals surface area (Å²) in [7, 11) is 4.14. The number of nitrogens with zero attached hydrogens (tertiary/aromatic N) is 4. The molecule has 1 aliphatic rings. The average molecular weight is 305 g/mol. The minimum atomic E-state index is 0.367. The van der Waals surface area contributed by atoms with Gasteiger partial charge in [-0.3, -0.25) is 0 Å². The molecule has 0 atom stereocenters. The second-order valence-electron chi connectivity index (χ2n) is 5.23. The largest absolute Gasteiger partial charge is 0.451 e. The van der Waals surface area contributed by atoms with Crippen LogP contribution in [0.5, 0.6) is 11.5 Å². The third-order valence-corrected chi connectivity index (χ3v) is 3.64. The maximum Gasteiger partial charge on any atom is 0.179 e. The topological polar surface area (TPSA) is 41.5 Å². The van der Waals surface area contributed by atoms with Crippen LogP contribution in [0.1, 0.15) is 6.42 Å². The van der Waals surface area contributed by atoms with E-state index in [0.29, 0.717) is 10.9 Å². The zero-order valence-electron chi connectivity index (χ0n) is 12.1. The highest BCUT2D eigenvalue weighted by Gasteiger charge is 2.27. The fourth-order valence-corrected chi connectivity index (χ4v) is 2.68. The molecule has 0 fully saturated rings. The van der Waals surface area contributed by atoms with E-state index in [4.69, 9.17) is 16.3 Å². The fraction of sp³-hybridized carbons (Fsp3) is 0.333. The van der Waals surface area contributed by atoms with Crippen LogP contribution in [0.2, 0.25) is 5.15 Å². The molecule has 0 aliphatic carbocycles. The van der Waals surface area contributed by atoms with E-state index in [2.05, 4.69) is 34.1 Å². The summed E-state index contributed by atoms with van der Waals surface area (Å²) in [5, 5.41) is 8.18. The number of rotatable bonds is 4. The lowest BCUT2D eigenvalue weighted by atomic mass is 10.2. The lowest BCUT2D eigenvalue weighted by molar-refractivity contribution is 0.400. The molecule has 1 aromatic heterocycles. The first-order chi connectivity index (χ1) is 10.2. The Labute approximate surface area is 129 Å². The Bertz CT molecular complexity index is 647. The number of benzene rings is 1. The van der Waals surface area contributed by atoms with Gasteiger partial charge in [-0.15, -0.1) is 5.10 Å². The van der Waals surface area contributed by atoms with E-state index in [9.17, 15) is 0 Å². The minimum absolute atomic E-state index is 0.367. The monoisotopic (exact) mass is 304 g/mol. The Hall–Kier alpha value is -1.85. The fourth-order valence-electron chi connectivity index (χ4n) is 2.44. The molecule has 0 unspecified atom stereocenters. The van der Waals surface area contributed by atoms with Gasteiger partial charge in [0.2, 0.25) is 0 Å². The van der Waals surface area contributed by atoms with Gasteiger partial charge in [0.25, 0.3) is 0 Å². The predicted molar refractivity (Wildman–Crippen MR) is 83.7 cm³/mol. The number of fused-ring (bicyclic) bond motifs is 2. The van der Waals surface area contributed by atoms with Gasteiger partial charge in [-0.1, -0.05) is 23.7 Å². The second-order valence-corrected chi connectivity index (χ2v) is 5.58. The van der Waals surface area contributed by atoms with Gasteiger partial charge in [-0.05, 0) is 39.2 Å². The summed E-state index contributed by atoms with van der Waals surface area (Å²) in [6, 6.07) is 7.93. The van der Waals surface area contributed by atoms with Crippen LogP contribution in [0.25, 0.3) is 0 Å². The number of halogens is 1. The molecule has 0 amide bonds. The molecule has 0 radical (unpaired) electrons. The standard InChI is InChI=1S/C15H17ClN4O/c1-19(2)8-5-9-20-11-6-3-4-7-12(11)21-13-10-17-18-15(16)14(13)20/h3-4,6-7,10H,5,8-9H2,1-2H3. The molecule has 0 spiro atoms. The van der Waals surface area contributed by atoms with E-state index in [0.717, 1.165) is 36.6 Å². The van der Waals surface area contributed by atoms with Crippen LogP contribution in [-0.4, -0.2) is 42.3 Å². The summed E-state index contributed by atoms with van der Waals surface area (Å²) in [5.41, 5.74) is 1.81. The Morgan fingerprint density at radius 2 is 2.05 bits per heavy atom. The molecular formula is C15H17ClN4O. The Balaban J connectivity index is 1.97. The van der Waals surface area contributed by atoms with Gasteiger partial charge in [-0.2, -0.15) is 5.10 Å². The molecule has 2 heterocycles. The van der Waals surface area contributed by atoms with Crippen LogP contribution in [-0.2, 0) is 0 Å². The Morgan fingerprint density at radius 3 is 2.86 bits per heavy atom. The molecule has 0 saturated carbocycles. The number of para-hydroxylation sites is 2. The van der Waals surface area contributed by atoms with E-state index in [-0.39, 0.29) is 0 Å². The summed E-state index contributed by atoms with van der Waals surface area (Å²) in [6.07, 6.45) is 2.62. The number of hydrogen-bond acceptors (Lipinski definition) is 5. The number of hydrogen-bond donors (Lipinski definition) is 0. The average Bonchev–Trinajstić information content (AvgIpc) is 2.46. The Morgan fingerprint density at radius 1 is 1.24 bits per heavy atom. The number of anilines is 2. The van der Waals surface area contributed by atoms with E-state index < -0.39 is 0 Å². The molecule has 0 bridgehead atoms. The maximum absolute atomic E-state index is 6.24. The second kappa shape index (κ2) is 5.87. The summed E-state index contributed by atoms with van der Waals surface area (Å²) in [4.78, 5) is 4.33. The quantitative estimate of drug-likeness (QED) is 0.866. The van der Waals surface area contributed by atoms with E-state index in [1.54, 1.807) is 6.20 Å². The first kappa shape index (κ1) is 14.1. The highest BCUT2D eigenvalue weighted by Crippen LogP contribution is 2.48. The van der Waals surface area contributed by atoms with Gasteiger partial charge >= 0.3 is 0 Å².